The number of unbranched alkanes of at least 4 members (excludes halogenated alkanes) is 2. The number of rotatable bonds is 14. The Kier molecular flexibility index (Phi) is 20.5. The highest BCUT2D eigenvalue weighted by Crippen LogP contribution is 2.39. The molecule has 7 nitrogen and oxygen atoms in total. The summed E-state index contributed by atoms with van der Waals surface area (Å²) >= 11 is 0. The molecule has 2 atom stereocenters. The first-order valence-electron chi connectivity index (χ1n) is 16.4. The van der Waals surface area contributed by atoms with Gasteiger partial charge in [-0.1, -0.05) is 57.9 Å². The lowest BCUT2D eigenvalue weighted by atomic mass is 9.94. The number of fused-ring (bicyclic) bond motifs is 1. The van der Waals surface area contributed by atoms with Crippen LogP contribution < -0.4 is 19.1 Å². The first-order chi connectivity index (χ1) is 21.4. The van der Waals surface area contributed by atoms with Crippen LogP contribution >= 0.6 is 0 Å². The maximum Gasteiger partial charge on any atom is 0.231 e. The maximum absolute atomic E-state index is 10.4. The van der Waals surface area contributed by atoms with Crippen molar-refractivity contribution in [3.63, 3.8) is 0 Å². The highest BCUT2D eigenvalue weighted by atomic mass is 16.7. The zero-order valence-corrected chi connectivity index (χ0v) is 28.6. The zero-order valence-electron chi connectivity index (χ0n) is 28.6. The minimum Gasteiger partial charge on any atom is -0.496 e. The Labute approximate surface area is 268 Å². The number of quaternary nitrogens is 1. The van der Waals surface area contributed by atoms with Crippen LogP contribution in [0.3, 0.4) is 0 Å². The van der Waals surface area contributed by atoms with E-state index in [2.05, 4.69) is 96.1 Å². The molecule has 2 heterocycles. The quantitative estimate of drug-likeness (QED) is 0.220. The standard InChI is InChI=1S/C23H29NO3.C9H19NO.C3H9N.C2H2/c1-3-24-15-19(18-11-12-22-23(14-18)27-16-26-22)13-20(24)9-6-8-17-7-4-5-10-21(17)25-2;1-3-5-7-10(9-11)8-6-4-2;1-4(2)3;1-2/h4-5,7,10-12,14,19-20H,3,6,8-9,13,15-16H2,1-2H3;9H,3-8H2,1-2H3;1-3H3;1-2H/p+1. The predicted molar refractivity (Wildman–Crippen MR) is 183 cm³/mol. The summed E-state index contributed by atoms with van der Waals surface area (Å²) in [7, 11) is 8.00. The largest absolute Gasteiger partial charge is 0.496 e. The maximum atomic E-state index is 10.4. The number of likely N-dealkylation sites (N-methyl/N-ethyl adjacent to an activating group) is 1. The molecular weight excluding hydrogens is 550 g/mol. The van der Waals surface area contributed by atoms with Gasteiger partial charge in [0.1, 0.15) is 5.75 Å². The van der Waals surface area contributed by atoms with Gasteiger partial charge in [-0.25, -0.2) is 0 Å². The fourth-order valence-corrected chi connectivity index (χ4v) is 5.46. The predicted octanol–water partition coefficient (Wildman–Crippen LogP) is 5.68. The number of hydrogen-bond donors (Lipinski definition) is 1. The third-order valence-corrected chi connectivity index (χ3v) is 7.72. The van der Waals surface area contributed by atoms with E-state index >= 15 is 0 Å². The zero-order chi connectivity index (χ0) is 32.7. The Balaban J connectivity index is 0.000000477. The monoisotopic (exact) mass is 610 g/mol. The lowest BCUT2D eigenvalue weighted by Gasteiger charge is -2.22. The third kappa shape index (κ3) is 14.1. The van der Waals surface area contributed by atoms with Crippen LogP contribution in [0.4, 0.5) is 0 Å². The fraction of sp³-hybridized carbons (Fsp3) is 0.595. The molecule has 0 radical (unpaired) electrons. The molecule has 2 aromatic rings. The molecule has 4 rings (SSSR count). The summed E-state index contributed by atoms with van der Waals surface area (Å²) in [5.74, 6) is 3.36. The first-order valence-corrected chi connectivity index (χ1v) is 16.4. The van der Waals surface area contributed by atoms with Gasteiger partial charge in [0.2, 0.25) is 13.2 Å². The van der Waals surface area contributed by atoms with Crippen LogP contribution in [0, 0.1) is 12.8 Å². The number of ether oxygens (including phenoxy) is 3. The number of carbonyl (C=O) groups is 1. The van der Waals surface area contributed by atoms with E-state index in [4.69, 9.17) is 14.2 Å². The Morgan fingerprint density at radius 3 is 2.20 bits per heavy atom. The second-order valence-electron chi connectivity index (χ2n) is 11.8. The van der Waals surface area contributed by atoms with Gasteiger partial charge in [0.15, 0.2) is 11.5 Å². The molecule has 0 saturated carbocycles. The van der Waals surface area contributed by atoms with Gasteiger partial charge < -0.3 is 28.9 Å². The lowest BCUT2D eigenvalue weighted by molar-refractivity contribution is -0.836. The van der Waals surface area contributed by atoms with E-state index in [1.807, 2.05) is 11.0 Å². The normalized spacial score (nSPS) is 16.5. The topological polar surface area (TPSA) is 55.7 Å². The number of methoxy groups -OCH3 is 1. The molecular formula is C37H60N3O4+. The van der Waals surface area contributed by atoms with Crippen molar-refractivity contribution in [1.82, 2.24) is 9.80 Å². The molecule has 0 aromatic heterocycles. The van der Waals surface area contributed by atoms with Crippen LogP contribution in [-0.2, 0) is 11.2 Å². The summed E-state index contributed by atoms with van der Waals surface area (Å²) in [6.07, 6.45) is 18.3. The summed E-state index contributed by atoms with van der Waals surface area (Å²) in [6.45, 7) is 11.0. The number of likely N-dealkylation sites (tertiary alicyclic amines) is 1. The number of terminal acetylenes is 1. The van der Waals surface area contributed by atoms with Crippen LogP contribution in [0.15, 0.2) is 42.5 Å². The molecule has 1 amide bonds. The third-order valence-electron chi connectivity index (χ3n) is 7.72. The van der Waals surface area contributed by atoms with Crippen LogP contribution in [0.2, 0.25) is 0 Å². The number of amides is 1. The average molecular weight is 611 g/mol. The van der Waals surface area contributed by atoms with E-state index in [0.717, 1.165) is 81.9 Å². The molecule has 1 saturated heterocycles. The van der Waals surface area contributed by atoms with Crippen molar-refractivity contribution in [3.05, 3.63) is 53.6 Å². The molecule has 0 bridgehead atoms. The van der Waals surface area contributed by atoms with Gasteiger partial charge in [0, 0.05) is 25.7 Å². The minimum atomic E-state index is 0.343. The molecule has 1 N–H and O–H groups in total. The molecule has 2 aliphatic rings. The minimum absolute atomic E-state index is 0.343. The number of benzene rings is 2. The SMILES string of the molecule is C#C.CCCCN(C=O)CCCC.CCN1CC(c2ccc3c(c2)OCO3)CC1CCCc1ccccc1OC.C[NH+](C)C. The van der Waals surface area contributed by atoms with E-state index in [1.165, 1.54) is 35.3 Å². The molecule has 2 unspecified atom stereocenters. The number of carbonyl (C=O) groups excluding carboxylic acids is 1. The Morgan fingerprint density at radius 1 is 0.977 bits per heavy atom. The summed E-state index contributed by atoms with van der Waals surface area (Å²) in [5.41, 5.74) is 2.69. The van der Waals surface area contributed by atoms with E-state index in [0.29, 0.717) is 18.8 Å². The van der Waals surface area contributed by atoms with Crippen molar-refractivity contribution >= 4 is 6.41 Å². The number of nitrogens with zero attached hydrogens (tertiary/aromatic N) is 2. The van der Waals surface area contributed by atoms with Gasteiger partial charge in [-0.2, -0.15) is 0 Å². The summed E-state index contributed by atoms with van der Waals surface area (Å²) < 4.78 is 16.5. The van der Waals surface area contributed by atoms with E-state index in [1.54, 1.807) is 7.11 Å². The highest BCUT2D eigenvalue weighted by Gasteiger charge is 2.32. The molecule has 7 heteroatoms. The van der Waals surface area contributed by atoms with E-state index in [-0.39, 0.29) is 0 Å². The van der Waals surface area contributed by atoms with Crippen molar-refractivity contribution in [1.29, 1.82) is 0 Å². The molecule has 0 aliphatic carbocycles. The van der Waals surface area contributed by atoms with Gasteiger partial charge in [-0.15, -0.1) is 12.8 Å². The van der Waals surface area contributed by atoms with Crippen LogP contribution in [0.1, 0.15) is 82.8 Å². The van der Waals surface area contributed by atoms with Crippen molar-refractivity contribution in [2.45, 2.75) is 84.1 Å². The van der Waals surface area contributed by atoms with Crippen LogP contribution in [0.25, 0.3) is 0 Å². The van der Waals surface area contributed by atoms with Crippen molar-refractivity contribution in [3.8, 4) is 30.1 Å². The summed E-state index contributed by atoms with van der Waals surface area (Å²) in [6, 6.07) is 15.5. The number of aryl methyl sites for hydroxylation is 1. The molecule has 44 heavy (non-hydrogen) atoms. The molecule has 2 aromatic carbocycles. The lowest BCUT2D eigenvalue weighted by Crippen LogP contribution is -3.02. The number of para-hydroxylation sites is 1. The van der Waals surface area contributed by atoms with Crippen molar-refractivity contribution in [2.24, 2.45) is 0 Å². The molecule has 1 fully saturated rings. The number of nitrogens with one attached hydrogen (secondary N) is 1. The first kappa shape index (κ1) is 38.8. The molecule has 2 aliphatic heterocycles. The summed E-state index contributed by atoms with van der Waals surface area (Å²) in [4.78, 5) is 16.4. The Hall–Kier alpha value is -3.21. The average Bonchev–Trinajstić information content (AvgIpc) is 3.69. The molecule has 246 valence electrons. The second kappa shape index (κ2) is 23.2. The van der Waals surface area contributed by atoms with Crippen molar-refractivity contribution in [2.75, 3.05) is 61.2 Å². The van der Waals surface area contributed by atoms with Crippen molar-refractivity contribution < 1.29 is 23.9 Å². The smallest absolute Gasteiger partial charge is 0.231 e. The van der Waals surface area contributed by atoms with Gasteiger partial charge in [-0.05, 0) is 80.3 Å². The van der Waals surface area contributed by atoms with Gasteiger partial charge >= 0.3 is 0 Å². The number of hydrogen-bond acceptors (Lipinski definition) is 5. The van der Waals surface area contributed by atoms with Crippen LogP contribution in [0.5, 0.6) is 17.2 Å². The highest BCUT2D eigenvalue weighted by molar-refractivity contribution is 5.47. The van der Waals surface area contributed by atoms with E-state index in [9.17, 15) is 4.79 Å². The molecule has 0 spiro atoms. The van der Waals surface area contributed by atoms with Gasteiger partial charge in [0.05, 0.1) is 28.3 Å². The Bertz CT molecular complexity index is 1050. The van der Waals surface area contributed by atoms with E-state index < -0.39 is 0 Å². The summed E-state index contributed by atoms with van der Waals surface area (Å²) in [5, 5.41) is 0. The van der Waals surface area contributed by atoms with Gasteiger partial charge in [0.25, 0.3) is 0 Å². The van der Waals surface area contributed by atoms with Crippen LogP contribution in [-0.4, -0.2) is 83.5 Å². The van der Waals surface area contributed by atoms with Gasteiger partial charge in [-0.3, -0.25) is 4.79 Å². The fourth-order valence-electron chi connectivity index (χ4n) is 5.46. The second-order valence-corrected chi connectivity index (χ2v) is 11.8. The Morgan fingerprint density at radius 2 is 1.61 bits per heavy atom.